The van der Waals surface area contributed by atoms with Crippen molar-refractivity contribution in [1.82, 2.24) is 0 Å². The monoisotopic (exact) mass is 359 g/mol. The molecule has 0 saturated carbocycles. The Hall–Kier alpha value is 0.257. The van der Waals surface area contributed by atoms with Gasteiger partial charge in [-0.2, -0.15) is 0 Å². The lowest BCUT2D eigenvalue weighted by molar-refractivity contribution is 0.0576. The summed E-state index contributed by atoms with van der Waals surface area (Å²) in [4.78, 5) is 0. The Kier molecular flexibility index (Phi) is 6.65. The molecule has 0 aromatic heterocycles. The van der Waals surface area contributed by atoms with E-state index in [-0.39, 0.29) is 11.6 Å². The second-order valence-electron chi connectivity index (χ2n) is 6.49. The van der Waals surface area contributed by atoms with Crippen LogP contribution in [0.4, 0.5) is 0 Å². The van der Waals surface area contributed by atoms with E-state index in [2.05, 4.69) is 40.4 Å². The van der Waals surface area contributed by atoms with Crippen molar-refractivity contribution in [2.45, 2.75) is 55.2 Å². The summed E-state index contributed by atoms with van der Waals surface area (Å²) in [5.74, 6) is -0.441. The lowest BCUT2D eigenvalue weighted by atomic mass is 10.1. The molecule has 118 valence electrons. The van der Waals surface area contributed by atoms with Crippen molar-refractivity contribution in [3.63, 3.8) is 0 Å². The fourth-order valence-electron chi connectivity index (χ4n) is 0.961. The fourth-order valence-corrected chi connectivity index (χ4v) is 2.16. The average molecular weight is 361 g/mol. The zero-order chi connectivity index (χ0) is 16.4. The van der Waals surface area contributed by atoms with Crippen LogP contribution in [-0.2, 0) is 9.16 Å². The number of ether oxygens (including phenoxy) is 1. The summed E-state index contributed by atoms with van der Waals surface area (Å²) < 4.78 is 9.62. The van der Waals surface area contributed by atoms with Gasteiger partial charge >= 0.3 is 0 Å². The van der Waals surface area contributed by atoms with Crippen LogP contribution in [0.3, 0.4) is 0 Å². The van der Waals surface area contributed by atoms with Crippen molar-refractivity contribution in [2.24, 2.45) is 0 Å². The number of nitrogens with one attached hydrogen (secondary N) is 1. The molecule has 0 heterocycles. The van der Waals surface area contributed by atoms with Gasteiger partial charge in [-0.05, 0) is 31.1 Å². The molecule has 7 heteroatoms. The van der Waals surface area contributed by atoms with Crippen molar-refractivity contribution in [2.75, 3.05) is 6.61 Å². The zero-order valence-electron chi connectivity index (χ0n) is 12.9. The Labute approximate surface area is 138 Å². The second kappa shape index (κ2) is 6.57. The summed E-state index contributed by atoms with van der Waals surface area (Å²) in [6.45, 7) is 16.4. The predicted octanol–water partition coefficient (Wildman–Crippen LogP) is 5.32. The van der Waals surface area contributed by atoms with Gasteiger partial charge in [0, 0.05) is 0 Å². The highest BCUT2D eigenvalue weighted by atomic mass is 35.6. The Morgan fingerprint density at radius 3 is 1.95 bits per heavy atom. The first-order valence-corrected chi connectivity index (χ1v) is 10.3. The third-order valence-corrected chi connectivity index (χ3v) is 8.54. The van der Waals surface area contributed by atoms with Gasteiger partial charge < -0.3 is 9.16 Å². The maximum atomic E-state index is 7.65. The van der Waals surface area contributed by atoms with E-state index in [1.54, 1.807) is 13.0 Å². The summed E-state index contributed by atoms with van der Waals surface area (Å²) in [6, 6.07) is 0. The molecule has 0 fully saturated rings. The number of hydrogen-bond acceptors (Lipinski definition) is 3. The number of halogens is 3. The largest absolute Gasteiger partial charge is 0.465 e. The molecule has 0 radical (unpaired) electrons. The SMILES string of the molecule is C=CC(C)(CO[Si](C)(C)C(C)(C)C)OC(=N)C(Cl)(Cl)Cl. The van der Waals surface area contributed by atoms with E-state index in [9.17, 15) is 0 Å². The van der Waals surface area contributed by atoms with Gasteiger partial charge in [-0.15, -0.1) is 0 Å². The van der Waals surface area contributed by atoms with Crippen LogP contribution in [0.1, 0.15) is 27.7 Å². The van der Waals surface area contributed by atoms with Gasteiger partial charge in [-0.25, -0.2) is 0 Å². The minimum Gasteiger partial charge on any atom is -0.465 e. The van der Waals surface area contributed by atoms with Gasteiger partial charge in [0.1, 0.15) is 5.60 Å². The van der Waals surface area contributed by atoms with Crippen LogP contribution in [0.25, 0.3) is 0 Å². The lowest BCUT2D eigenvalue weighted by Gasteiger charge is -2.39. The minimum atomic E-state index is -1.93. The normalized spacial score (nSPS) is 16.4. The summed E-state index contributed by atoms with van der Waals surface area (Å²) in [7, 11) is -1.93. The van der Waals surface area contributed by atoms with Gasteiger partial charge in [0.15, 0.2) is 8.32 Å². The topological polar surface area (TPSA) is 42.3 Å². The van der Waals surface area contributed by atoms with Crippen molar-refractivity contribution < 1.29 is 9.16 Å². The van der Waals surface area contributed by atoms with Crippen LogP contribution in [0.5, 0.6) is 0 Å². The standard InChI is InChI=1S/C13H24Cl3NO2Si/c1-8-12(5,19-10(17)13(14,15)16)9-18-20(6,7)11(2,3)4/h8,17H,1,9H2,2-7H3. The van der Waals surface area contributed by atoms with Crippen molar-refractivity contribution in [1.29, 1.82) is 5.41 Å². The van der Waals surface area contributed by atoms with Gasteiger partial charge in [-0.3, -0.25) is 5.41 Å². The summed E-state index contributed by atoms with van der Waals surface area (Å²) in [5, 5.41) is 7.73. The number of hydrogen-bond donors (Lipinski definition) is 1. The third kappa shape index (κ3) is 5.94. The first-order valence-electron chi connectivity index (χ1n) is 6.27. The van der Waals surface area contributed by atoms with E-state index in [1.807, 2.05) is 0 Å². The molecule has 0 aromatic rings. The highest BCUT2D eigenvalue weighted by Gasteiger charge is 2.40. The molecular weight excluding hydrogens is 337 g/mol. The molecule has 0 rings (SSSR count). The molecule has 0 spiro atoms. The van der Waals surface area contributed by atoms with E-state index in [0.717, 1.165) is 0 Å². The van der Waals surface area contributed by atoms with Crippen LogP contribution in [-0.4, -0.2) is 30.2 Å². The smallest absolute Gasteiger partial charge is 0.265 e. The van der Waals surface area contributed by atoms with Crippen LogP contribution >= 0.6 is 34.8 Å². The summed E-state index contributed by atoms with van der Waals surface area (Å²) in [5.41, 5.74) is -0.906. The van der Waals surface area contributed by atoms with E-state index in [0.29, 0.717) is 0 Å². The van der Waals surface area contributed by atoms with Crippen LogP contribution in [0.15, 0.2) is 12.7 Å². The molecule has 0 aliphatic heterocycles. The molecule has 1 atom stereocenters. The Morgan fingerprint density at radius 2 is 1.65 bits per heavy atom. The maximum absolute atomic E-state index is 7.65. The first kappa shape index (κ1) is 20.3. The Balaban J connectivity index is 4.86. The van der Waals surface area contributed by atoms with E-state index < -0.39 is 23.6 Å². The van der Waals surface area contributed by atoms with Crippen molar-refractivity contribution >= 4 is 49.0 Å². The molecule has 0 aliphatic carbocycles. The third-order valence-electron chi connectivity index (χ3n) is 3.55. The number of rotatable bonds is 5. The predicted molar refractivity (Wildman–Crippen MR) is 90.9 cm³/mol. The average Bonchev–Trinajstić information content (AvgIpc) is 2.23. The molecule has 0 aliphatic rings. The van der Waals surface area contributed by atoms with Crippen molar-refractivity contribution in [3.05, 3.63) is 12.7 Å². The highest BCUT2D eigenvalue weighted by Crippen LogP contribution is 2.37. The first-order chi connectivity index (χ1) is 8.65. The summed E-state index contributed by atoms with van der Waals surface area (Å²) >= 11 is 16.9. The van der Waals surface area contributed by atoms with Crippen LogP contribution < -0.4 is 0 Å². The second-order valence-corrected chi connectivity index (χ2v) is 13.6. The lowest BCUT2D eigenvalue weighted by Crippen LogP contribution is -2.46. The number of alkyl halides is 3. The van der Waals surface area contributed by atoms with E-state index in [1.165, 1.54) is 0 Å². The minimum absolute atomic E-state index is 0.0812. The zero-order valence-corrected chi connectivity index (χ0v) is 16.2. The molecule has 0 saturated heterocycles. The molecule has 0 aromatic carbocycles. The van der Waals surface area contributed by atoms with Crippen LogP contribution in [0, 0.1) is 5.41 Å². The molecule has 3 nitrogen and oxygen atoms in total. The molecule has 20 heavy (non-hydrogen) atoms. The van der Waals surface area contributed by atoms with Gasteiger partial charge in [-0.1, -0.05) is 62.2 Å². The van der Waals surface area contributed by atoms with Gasteiger partial charge in [0.2, 0.25) is 5.90 Å². The molecule has 0 amide bonds. The molecular formula is C13H24Cl3NO2Si. The fraction of sp³-hybridized carbons (Fsp3) is 0.769. The highest BCUT2D eigenvalue weighted by molar-refractivity contribution is 6.76. The molecule has 1 unspecified atom stereocenters. The van der Waals surface area contributed by atoms with Crippen LogP contribution in [0.2, 0.25) is 18.1 Å². The quantitative estimate of drug-likeness (QED) is 0.237. The summed E-state index contributed by atoms with van der Waals surface area (Å²) in [6.07, 6.45) is 1.56. The maximum Gasteiger partial charge on any atom is 0.265 e. The van der Waals surface area contributed by atoms with E-state index in [4.69, 9.17) is 49.4 Å². The molecule has 0 bridgehead atoms. The molecule has 1 N–H and O–H groups in total. The van der Waals surface area contributed by atoms with Gasteiger partial charge in [0.05, 0.1) is 6.61 Å². The van der Waals surface area contributed by atoms with E-state index >= 15 is 0 Å². The van der Waals surface area contributed by atoms with Gasteiger partial charge in [0.25, 0.3) is 3.79 Å². The van der Waals surface area contributed by atoms with Crippen molar-refractivity contribution in [3.8, 4) is 0 Å². The Morgan fingerprint density at radius 1 is 1.20 bits per heavy atom. The Bertz CT molecular complexity index is 375.